The molecule has 4 heterocycles. The highest BCUT2D eigenvalue weighted by atomic mass is 32.1. The summed E-state index contributed by atoms with van der Waals surface area (Å²) in [4.78, 5) is 14.4. The van der Waals surface area contributed by atoms with Crippen molar-refractivity contribution in [3.05, 3.63) is 29.7 Å². The van der Waals surface area contributed by atoms with Crippen LogP contribution in [-0.4, -0.2) is 41.3 Å². The van der Waals surface area contributed by atoms with Crippen molar-refractivity contribution in [3.8, 4) is 0 Å². The lowest BCUT2D eigenvalue weighted by Crippen LogP contribution is -2.37. The van der Waals surface area contributed by atoms with Gasteiger partial charge in [-0.2, -0.15) is 9.97 Å². The first kappa shape index (κ1) is 21.9. The fourth-order valence-electron chi connectivity index (χ4n) is 4.49. The van der Waals surface area contributed by atoms with Crippen LogP contribution in [0.15, 0.2) is 22.6 Å². The van der Waals surface area contributed by atoms with E-state index in [1.165, 1.54) is 25.7 Å². The number of thiocarbonyl (C=S) groups is 1. The van der Waals surface area contributed by atoms with Gasteiger partial charge in [-0.15, -0.1) is 0 Å². The summed E-state index contributed by atoms with van der Waals surface area (Å²) in [7, 11) is 0. The molecule has 7 nitrogen and oxygen atoms in total. The highest BCUT2D eigenvalue weighted by Gasteiger charge is 2.23. The van der Waals surface area contributed by atoms with Crippen LogP contribution in [0.3, 0.4) is 0 Å². The molecule has 0 radical (unpaired) electrons. The zero-order chi connectivity index (χ0) is 21.8. The van der Waals surface area contributed by atoms with Crippen molar-refractivity contribution in [2.75, 3.05) is 41.3 Å². The molecule has 2 aromatic rings. The van der Waals surface area contributed by atoms with Gasteiger partial charge in [-0.1, -0.05) is 13.8 Å². The van der Waals surface area contributed by atoms with E-state index in [-0.39, 0.29) is 0 Å². The summed E-state index contributed by atoms with van der Waals surface area (Å²) in [6, 6.07) is 6.06. The van der Waals surface area contributed by atoms with Crippen LogP contribution in [0.4, 0.5) is 17.6 Å². The topological polar surface area (TPSA) is 69.5 Å². The Kier molecular flexibility index (Phi) is 6.95. The maximum absolute atomic E-state index is 5.61. The highest BCUT2D eigenvalue weighted by Crippen LogP contribution is 2.28. The molecule has 168 valence electrons. The zero-order valence-corrected chi connectivity index (χ0v) is 19.7. The predicted molar refractivity (Wildman–Crippen MR) is 130 cm³/mol. The molecule has 2 N–H and O–H groups in total. The van der Waals surface area contributed by atoms with Gasteiger partial charge in [-0.3, -0.25) is 0 Å². The minimum atomic E-state index is 0.496. The van der Waals surface area contributed by atoms with Gasteiger partial charge in [0.2, 0.25) is 5.95 Å². The molecule has 31 heavy (non-hydrogen) atoms. The van der Waals surface area contributed by atoms with Crippen molar-refractivity contribution in [3.63, 3.8) is 0 Å². The lowest BCUT2D eigenvalue weighted by atomic mass is 10.00. The van der Waals surface area contributed by atoms with Crippen LogP contribution in [0, 0.1) is 18.8 Å². The molecule has 2 aliphatic heterocycles. The fraction of sp³-hybridized carbons (Fsp3) is 0.609. The minimum absolute atomic E-state index is 0.496. The molecule has 0 bridgehead atoms. The van der Waals surface area contributed by atoms with E-state index in [4.69, 9.17) is 26.6 Å². The van der Waals surface area contributed by atoms with E-state index in [1.807, 2.05) is 19.1 Å². The van der Waals surface area contributed by atoms with Gasteiger partial charge in [0, 0.05) is 32.2 Å². The van der Waals surface area contributed by atoms with Crippen LogP contribution in [-0.2, 0) is 6.54 Å². The molecule has 0 saturated carbocycles. The molecule has 0 aliphatic carbocycles. The number of rotatable bonds is 5. The standard InChI is InChI=1S/C23H34N6OS/c1-16-6-4-10-28(14-16)20-12-21(29-11-5-7-17(2)15-29)26-22(25-20)27-23(31)24-13-19-9-8-18(3)30-19/h8-9,12,16-17H,4-7,10-11,13-15H2,1-3H3,(H2,24,25,26,27,31). The quantitative estimate of drug-likeness (QED) is 0.663. The normalized spacial score (nSPS) is 21.8. The lowest BCUT2D eigenvalue weighted by molar-refractivity contribution is 0.441. The summed E-state index contributed by atoms with van der Waals surface area (Å²) in [5.74, 6) is 5.63. The number of nitrogens with one attached hydrogen (secondary N) is 2. The summed E-state index contributed by atoms with van der Waals surface area (Å²) < 4.78 is 5.61. The maximum atomic E-state index is 5.61. The van der Waals surface area contributed by atoms with Crippen LogP contribution in [0.25, 0.3) is 0 Å². The average Bonchev–Trinajstić information content (AvgIpc) is 3.17. The van der Waals surface area contributed by atoms with Gasteiger partial charge in [0.25, 0.3) is 0 Å². The molecular weight excluding hydrogens is 408 g/mol. The Bertz CT molecular complexity index is 860. The Hall–Kier alpha value is -2.35. The van der Waals surface area contributed by atoms with Crippen molar-refractivity contribution in [1.29, 1.82) is 0 Å². The molecule has 2 aliphatic rings. The maximum Gasteiger partial charge on any atom is 0.232 e. The summed E-state index contributed by atoms with van der Waals surface area (Å²) in [5, 5.41) is 6.89. The molecule has 0 aromatic carbocycles. The van der Waals surface area contributed by atoms with Gasteiger partial charge in [0.15, 0.2) is 5.11 Å². The van der Waals surface area contributed by atoms with Gasteiger partial charge >= 0.3 is 0 Å². The van der Waals surface area contributed by atoms with E-state index in [9.17, 15) is 0 Å². The van der Waals surface area contributed by atoms with E-state index in [1.54, 1.807) is 0 Å². The Labute approximate surface area is 190 Å². The largest absolute Gasteiger partial charge is 0.465 e. The van der Waals surface area contributed by atoms with Gasteiger partial charge in [-0.05, 0) is 68.8 Å². The van der Waals surface area contributed by atoms with Crippen LogP contribution in [0.2, 0.25) is 0 Å². The van der Waals surface area contributed by atoms with Crippen LogP contribution < -0.4 is 20.4 Å². The molecule has 2 saturated heterocycles. The van der Waals surface area contributed by atoms with Crippen molar-refractivity contribution >= 4 is 34.9 Å². The summed E-state index contributed by atoms with van der Waals surface area (Å²) >= 11 is 5.51. The van der Waals surface area contributed by atoms with Crippen molar-refractivity contribution in [2.24, 2.45) is 11.8 Å². The third-order valence-electron chi connectivity index (χ3n) is 6.11. The predicted octanol–water partition coefficient (Wildman–Crippen LogP) is 4.34. The monoisotopic (exact) mass is 442 g/mol. The Balaban J connectivity index is 1.51. The molecule has 2 aromatic heterocycles. The molecule has 2 fully saturated rings. The van der Waals surface area contributed by atoms with E-state index < -0.39 is 0 Å². The Morgan fingerprint density at radius 2 is 1.68 bits per heavy atom. The molecule has 2 unspecified atom stereocenters. The van der Waals surface area contributed by atoms with E-state index in [0.717, 1.165) is 49.3 Å². The summed E-state index contributed by atoms with van der Waals surface area (Å²) in [6.07, 6.45) is 4.96. The number of aromatic nitrogens is 2. The number of piperidine rings is 2. The fourth-order valence-corrected chi connectivity index (χ4v) is 4.65. The number of furan rings is 1. The minimum Gasteiger partial charge on any atom is -0.465 e. The Morgan fingerprint density at radius 3 is 2.19 bits per heavy atom. The second kappa shape index (κ2) is 9.85. The van der Waals surface area contributed by atoms with Crippen LogP contribution in [0.5, 0.6) is 0 Å². The first-order chi connectivity index (χ1) is 15.0. The van der Waals surface area contributed by atoms with Gasteiger partial charge < -0.3 is 24.9 Å². The van der Waals surface area contributed by atoms with Gasteiger partial charge in [0.05, 0.1) is 6.54 Å². The second-order valence-electron chi connectivity index (χ2n) is 9.11. The number of anilines is 3. The van der Waals surface area contributed by atoms with E-state index >= 15 is 0 Å². The first-order valence-electron chi connectivity index (χ1n) is 11.5. The van der Waals surface area contributed by atoms with Crippen molar-refractivity contribution < 1.29 is 4.42 Å². The molecular formula is C23H34N6OS. The van der Waals surface area contributed by atoms with Crippen molar-refractivity contribution in [1.82, 2.24) is 15.3 Å². The molecule has 0 amide bonds. The molecule has 4 rings (SSSR count). The highest BCUT2D eigenvalue weighted by molar-refractivity contribution is 7.80. The van der Waals surface area contributed by atoms with E-state index in [0.29, 0.717) is 29.4 Å². The summed E-state index contributed by atoms with van der Waals surface area (Å²) in [5.41, 5.74) is 0. The van der Waals surface area contributed by atoms with Crippen molar-refractivity contribution in [2.45, 2.75) is 53.0 Å². The Morgan fingerprint density at radius 1 is 1.06 bits per heavy atom. The number of nitrogens with zero attached hydrogens (tertiary/aromatic N) is 4. The lowest BCUT2D eigenvalue weighted by Gasteiger charge is -2.35. The third-order valence-corrected chi connectivity index (χ3v) is 6.35. The van der Waals surface area contributed by atoms with E-state index in [2.05, 4.69) is 40.3 Å². The zero-order valence-electron chi connectivity index (χ0n) is 18.9. The number of hydrogen-bond acceptors (Lipinski definition) is 6. The average molecular weight is 443 g/mol. The third kappa shape index (κ3) is 5.87. The van der Waals surface area contributed by atoms with Crippen LogP contribution in [0.1, 0.15) is 51.1 Å². The number of hydrogen-bond donors (Lipinski definition) is 2. The molecule has 2 atom stereocenters. The summed E-state index contributed by atoms with van der Waals surface area (Å²) in [6.45, 7) is 11.2. The first-order valence-corrected chi connectivity index (χ1v) is 11.9. The molecule has 0 spiro atoms. The SMILES string of the molecule is Cc1ccc(CNC(=S)Nc2nc(N3CCCC(C)C3)cc(N3CCCC(C)C3)n2)o1. The number of aryl methyl sites for hydroxylation is 1. The van der Waals surface area contributed by atoms with Gasteiger partial charge in [0.1, 0.15) is 23.2 Å². The second-order valence-corrected chi connectivity index (χ2v) is 9.52. The van der Waals surface area contributed by atoms with Crippen LogP contribution >= 0.6 is 12.2 Å². The molecule has 8 heteroatoms. The smallest absolute Gasteiger partial charge is 0.232 e. The van der Waals surface area contributed by atoms with Gasteiger partial charge in [-0.25, -0.2) is 0 Å².